The van der Waals surface area contributed by atoms with Crippen molar-refractivity contribution in [3.05, 3.63) is 71.0 Å². The van der Waals surface area contributed by atoms with E-state index in [0.717, 1.165) is 21.5 Å². The van der Waals surface area contributed by atoms with E-state index in [2.05, 4.69) is 20.9 Å². The molecule has 2 aromatic carbocycles. The Morgan fingerprint density at radius 1 is 1.13 bits per heavy atom. The molecule has 0 fully saturated rings. The highest BCUT2D eigenvalue weighted by molar-refractivity contribution is 9.10. The van der Waals surface area contributed by atoms with Crippen LogP contribution in [-0.2, 0) is 4.74 Å². The predicted molar refractivity (Wildman–Crippen MR) is 93.3 cm³/mol. The van der Waals surface area contributed by atoms with Crippen molar-refractivity contribution in [1.29, 1.82) is 0 Å². The summed E-state index contributed by atoms with van der Waals surface area (Å²) in [6.45, 7) is 2.26. The number of aliphatic hydroxyl groups is 1. The molecule has 0 aliphatic heterocycles. The molecule has 1 aromatic heterocycles. The van der Waals surface area contributed by atoms with E-state index in [0.29, 0.717) is 12.3 Å². The molecule has 5 heteroatoms. The van der Waals surface area contributed by atoms with Crippen molar-refractivity contribution >= 4 is 15.9 Å². The van der Waals surface area contributed by atoms with Gasteiger partial charge in [-0.25, -0.2) is 4.98 Å². The molecular formula is C18H17BrN2O2. The Kier molecular flexibility index (Phi) is 4.91. The van der Waals surface area contributed by atoms with E-state index in [4.69, 9.17) is 4.74 Å². The van der Waals surface area contributed by atoms with E-state index in [1.807, 2.05) is 72.3 Å². The zero-order valence-corrected chi connectivity index (χ0v) is 14.3. The minimum Gasteiger partial charge on any atom is -0.363 e. The first-order chi connectivity index (χ1) is 11.2. The molecule has 118 valence electrons. The Bertz CT molecular complexity index is 769. The first-order valence-electron chi connectivity index (χ1n) is 7.39. The molecule has 0 saturated heterocycles. The van der Waals surface area contributed by atoms with Gasteiger partial charge in [0.15, 0.2) is 6.29 Å². The van der Waals surface area contributed by atoms with Crippen LogP contribution in [-0.4, -0.2) is 21.3 Å². The lowest BCUT2D eigenvalue weighted by molar-refractivity contribution is -0.100. The van der Waals surface area contributed by atoms with Gasteiger partial charge in [-0.15, -0.1) is 0 Å². The molecule has 23 heavy (non-hydrogen) atoms. The zero-order chi connectivity index (χ0) is 16.2. The summed E-state index contributed by atoms with van der Waals surface area (Å²) in [7, 11) is 0. The van der Waals surface area contributed by atoms with Gasteiger partial charge in [-0.3, -0.25) is 4.57 Å². The van der Waals surface area contributed by atoms with Crippen molar-refractivity contribution < 1.29 is 9.84 Å². The summed E-state index contributed by atoms with van der Waals surface area (Å²) >= 11 is 3.44. The summed E-state index contributed by atoms with van der Waals surface area (Å²) in [6, 6.07) is 17.8. The van der Waals surface area contributed by atoms with E-state index in [1.165, 1.54) is 0 Å². The fourth-order valence-electron chi connectivity index (χ4n) is 2.35. The summed E-state index contributed by atoms with van der Waals surface area (Å²) in [5, 5.41) is 10.1. The standard InChI is InChI=1S/C18H17BrN2O2/c1-2-23-18(22)16-12-21(15-6-4-3-5-7-15)17(20-16)13-8-10-14(19)11-9-13/h3-12,18,22H,2H2,1H3. The molecule has 0 saturated carbocycles. The molecule has 3 aromatic rings. The van der Waals surface area contributed by atoms with Gasteiger partial charge in [-0.2, -0.15) is 0 Å². The lowest BCUT2D eigenvalue weighted by atomic mass is 10.2. The molecule has 0 radical (unpaired) electrons. The number of imidazole rings is 1. The summed E-state index contributed by atoms with van der Waals surface area (Å²) in [5.74, 6) is 0.762. The quantitative estimate of drug-likeness (QED) is 0.678. The van der Waals surface area contributed by atoms with Gasteiger partial charge < -0.3 is 9.84 Å². The largest absolute Gasteiger partial charge is 0.363 e. The molecule has 0 aliphatic carbocycles. The molecule has 0 spiro atoms. The first kappa shape index (κ1) is 15.9. The molecule has 3 rings (SSSR count). The zero-order valence-electron chi connectivity index (χ0n) is 12.7. The Balaban J connectivity index is 2.10. The number of ether oxygens (including phenoxy) is 1. The van der Waals surface area contributed by atoms with Crippen LogP contribution in [0.25, 0.3) is 17.1 Å². The number of hydrogen-bond donors (Lipinski definition) is 1. The molecule has 1 atom stereocenters. The number of halogens is 1. The van der Waals surface area contributed by atoms with Crippen molar-refractivity contribution in [2.24, 2.45) is 0 Å². The maximum atomic E-state index is 10.1. The summed E-state index contributed by atoms with van der Waals surface area (Å²) in [5.41, 5.74) is 2.44. The van der Waals surface area contributed by atoms with Gasteiger partial charge in [0, 0.05) is 28.5 Å². The predicted octanol–water partition coefficient (Wildman–Crippen LogP) is 4.33. The van der Waals surface area contributed by atoms with Crippen LogP contribution in [0.4, 0.5) is 0 Å². The van der Waals surface area contributed by atoms with E-state index in [9.17, 15) is 5.11 Å². The number of rotatable bonds is 5. The molecule has 1 N–H and O–H groups in total. The topological polar surface area (TPSA) is 47.3 Å². The van der Waals surface area contributed by atoms with Crippen molar-refractivity contribution in [1.82, 2.24) is 9.55 Å². The Hall–Kier alpha value is -1.95. The van der Waals surface area contributed by atoms with E-state index >= 15 is 0 Å². The molecule has 1 heterocycles. The number of hydrogen-bond acceptors (Lipinski definition) is 3. The third-order valence-corrected chi connectivity index (χ3v) is 3.97. The number of aliphatic hydroxyl groups excluding tert-OH is 1. The normalized spacial score (nSPS) is 12.3. The molecule has 0 aliphatic rings. The summed E-state index contributed by atoms with van der Waals surface area (Å²) in [6.07, 6.45) is 0.784. The average Bonchev–Trinajstić information content (AvgIpc) is 3.02. The molecule has 0 bridgehead atoms. The van der Waals surface area contributed by atoms with Crippen molar-refractivity contribution in [3.63, 3.8) is 0 Å². The fourth-order valence-corrected chi connectivity index (χ4v) is 2.61. The van der Waals surface area contributed by atoms with Crippen molar-refractivity contribution in [2.75, 3.05) is 6.61 Å². The molecule has 1 unspecified atom stereocenters. The molecule has 4 nitrogen and oxygen atoms in total. The maximum Gasteiger partial charge on any atom is 0.200 e. The minimum atomic E-state index is -1.03. The average molecular weight is 373 g/mol. The van der Waals surface area contributed by atoms with Crippen molar-refractivity contribution in [3.8, 4) is 17.1 Å². The second kappa shape index (κ2) is 7.08. The second-order valence-corrected chi connectivity index (χ2v) is 5.93. The maximum absolute atomic E-state index is 10.1. The number of para-hydroxylation sites is 1. The monoisotopic (exact) mass is 372 g/mol. The third kappa shape index (κ3) is 3.52. The van der Waals surface area contributed by atoms with Gasteiger partial charge in [0.1, 0.15) is 11.5 Å². The van der Waals surface area contributed by atoms with Crippen LogP contribution in [0.15, 0.2) is 65.3 Å². The van der Waals surface area contributed by atoms with E-state index in [-0.39, 0.29) is 0 Å². The van der Waals surface area contributed by atoms with Crippen LogP contribution < -0.4 is 0 Å². The van der Waals surface area contributed by atoms with Gasteiger partial charge in [0.05, 0.1) is 0 Å². The third-order valence-electron chi connectivity index (χ3n) is 3.44. The van der Waals surface area contributed by atoms with Gasteiger partial charge in [0.2, 0.25) is 0 Å². The number of aromatic nitrogens is 2. The van der Waals surface area contributed by atoms with Gasteiger partial charge in [-0.05, 0) is 31.2 Å². The Morgan fingerprint density at radius 3 is 2.48 bits per heavy atom. The molecular weight excluding hydrogens is 356 g/mol. The number of benzene rings is 2. The first-order valence-corrected chi connectivity index (χ1v) is 8.18. The smallest absolute Gasteiger partial charge is 0.200 e. The minimum absolute atomic E-state index is 0.424. The Morgan fingerprint density at radius 2 is 1.83 bits per heavy atom. The Labute approximate surface area is 143 Å². The molecule has 0 amide bonds. The van der Waals surface area contributed by atoms with Crippen LogP contribution in [0.2, 0.25) is 0 Å². The van der Waals surface area contributed by atoms with Crippen molar-refractivity contribution in [2.45, 2.75) is 13.2 Å². The van der Waals surface area contributed by atoms with E-state index < -0.39 is 6.29 Å². The van der Waals surface area contributed by atoms with E-state index in [1.54, 1.807) is 0 Å². The highest BCUT2D eigenvalue weighted by atomic mass is 79.9. The van der Waals surface area contributed by atoms with Crippen LogP contribution >= 0.6 is 15.9 Å². The van der Waals surface area contributed by atoms with Gasteiger partial charge in [-0.1, -0.05) is 46.3 Å². The van der Waals surface area contributed by atoms with Crippen LogP contribution in [0.5, 0.6) is 0 Å². The highest BCUT2D eigenvalue weighted by Crippen LogP contribution is 2.27. The fraction of sp³-hybridized carbons (Fsp3) is 0.167. The number of nitrogens with zero attached hydrogens (tertiary/aromatic N) is 2. The SMILES string of the molecule is CCOC(O)c1cn(-c2ccccc2)c(-c2ccc(Br)cc2)n1. The van der Waals surface area contributed by atoms with Gasteiger partial charge in [0.25, 0.3) is 0 Å². The second-order valence-electron chi connectivity index (χ2n) is 5.01. The van der Waals surface area contributed by atoms with Gasteiger partial charge >= 0.3 is 0 Å². The lowest BCUT2D eigenvalue weighted by Crippen LogP contribution is -2.02. The van der Waals surface area contributed by atoms with Crippen LogP contribution in [0, 0.1) is 0 Å². The van der Waals surface area contributed by atoms with Crippen LogP contribution in [0.1, 0.15) is 18.9 Å². The van der Waals surface area contributed by atoms with Crippen LogP contribution in [0.3, 0.4) is 0 Å². The summed E-state index contributed by atoms with van der Waals surface area (Å²) in [4.78, 5) is 4.58. The highest BCUT2D eigenvalue weighted by Gasteiger charge is 2.17. The summed E-state index contributed by atoms with van der Waals surface area (Å²) < 4.78 is 8.23. The lowest BCUT2D eigenvalue weighted by Gasteiger charge is -2.07.